The van der Waals surface area contributed by atoms with Crippen molar-refractivity contribution in [2.45, 2.75) is 32.6 Å². The molecule has 4 rings (SSSR count). The molecule has 33 heavy (non-hydrogen) atoms. The van der Waals surface area contributed by atoms with E-state index in [-0.39, 0.29) is 23.4 Å². The summed E-state index contributed by atoms with van der Waals surface area (Å²) >= 11 is 1.35. The van der Waals surface area contributed by atoms with Crippen molar-refractivity contribution in [3.05, 3.63) is 81.5 Å². The van der Waals surface area contributed by atoms with Gasteiger partial charge in [-0.15, -0.1) is 10.2 Å². The minimum Gasteiger partial charge on any atom is -0.300 e. The lowest BCUT2D eigenvalue weighted by molar-refractivity contribution is -0.384. The quantitative estimate of drug-likeness (QED) is 0.326. The summed E-state index contributed by atoms with van der Waals surface area (Å²) in [7, 11) is 0. The van der Waals surface area contributed by atoms with Gasteiger partial charge < -0.3 is 5.32 Å². The Morgan fingerprint density at radius 2 is 1.79 bits per heavy atom. The number of nitrogens with zero attached hydrogens (tertiary/aromatic N) is 5. The molecule has 0 aliphatic carbocycles. The summed E-state index contributed by atoms with van der Waals surface area (Å²) in [4.78, 5) is 23.4. The first-order valence-electron chi connectivity index (χ1n) is 10.2. The molecular formula is C23H22N6O3S. The van der Waals surface area contributed by atoms with Crippen LogP contribution in [0, 0.1) is 10.1 Å². The zero-order chi connectivity index (χ0) is 23.6. The molecule has 2 aromatic heterocycles. The molecule has 0 unspecified atom stereocenters. The average molecular weight is 463 g/mol. The molecule has 0 saturated heterocycles. The van der Waals surface area contributed by atoms with Gasteiger partial charge in [-0.25, -0.2) is 4.68 Å². The van der Waals surface area contributed by atoms with Crippen LogP contribution in [0.5, 0.6) is 0 Å². The van der Waals surface area contributed by atoms with Gasteiger partial charge in [-0.2, -0.15) is 5.10 Å². The van der Waals surface area contributed by atoms with Crippen molar-refractivity contribution < 1.29 is 9.72 Å². The maximum absolute atomic E-state index is 12.8. The number of carbonyl (C=O) groups excluding carboxylic acids is 1. The van der Waals surface area contributed by atoms with Crippen molar-refractivity contribution in [3.63, 3.8) is 0 Å². The van der Waals surface area contributed by atoms with Crippen LogP contribution in [-0.4, -0.2) is 30.8 Å². The first-order chi connectivity index (χ1) is 15.7. The predicted molar refractivity (Wildman–Crippen MR) is 127 cm³/mol. The number of benzene rings is 2. The van der Waals surface area contributed by atoms with E-state index in [1.165, 1.54) is 23.5 Å². The first kappa shape index (κ1) is 22.3. The number of carbonyl (C=O) groups is 1. The van der Waals surface area contributed by atoms with Crippen LogP contribution < -0.4 is 5.32 Å². The monoisotopic (exact) mass is 462 g/mol. The van der Waals surface area contributed by atoms with E-state index in [4.69, 9.17) is 0 Å². The van der Waals surface area contributed by atoms with E-state index in [0.29, 0.717) is 22.0 Å². The molecule has 2 aromatic carbocycles. The van der Waals surface area contributed by atoms with Crippen LogP contribution in [0.25, 0.3) is 16.9 Å². The highest BCUT2D eigenvalue weighted by Crippen LogP contribution is 2.29. The van der Waals surface area contributed by atoms with Crippen molar-refractivity contribution in [1.82, 2.24) is 20.0 Å². The first-order valence-corrected chi connectivity index (χ1v) is 11.0. The summed E-state index contributed by atoms with van der Waals surface area (Å²) in [5.74, 6) is -0.248. The Labute approximate surface area is 194 Å². The van der Waals surface area contributed by atoms with Crippen LogP contribution in [0.4, 0.5) is 10.8 Å². The molecule has 0 aliphatic rings. The number of rotatable bonds is 6. The fourth-order valence-electron chi connectivity index (χ4n) is 3.15. The van der Waals surface area contributed by atoms with Crippen molar-refractivity contribution in [3.8, 4) is 16.9 Å². The highest BCUT2D eigenvalue weighted by molar-refractivity contribution is 7.15. The van der Waals surface area contributed by atoms with E-state index in [1.54, 1.807) is 23.0 Å². The molecule has 9 nitrogen and oxygen atoms in total. The second-order valence-corrected chi connectivity index (χ2v) is 9.45. The molecule has 2 heterocycles. The van der Waals surface area contributed by atoms with E-state index < -0.39 is 4.92 Å². The number of aromatic nitrogens is 4. The van der Waals surface area contributed by atoms with Gasteiger partial charge >= 0.3 is 0 Å². The van der Waals surface area contributed by atoms with Gasteiger partial charge in [-0.1, -0.05) is 50.3 Å². The normalized spacial score (nSPS) is 11.4. The van der Waals surface area contributed by atoms with Gasteiger partial charge in [0.1, 0.15) is 5.01 Å². The number of para-hydroxylation sites is 1. The van der Waals surface area contributed by atoms with Crippen molar-refractivity contribution in [2.75, 3.05) is 5.32 Å². The third kappa shape index (κ3) is 5.12. The summed E-state index contributed by atoms with van der Waals surface area (Å²) in [5, 5.41) is 28.0. The fraction of sp³-hybridized carbons (Fsp3) is 0.217. The molecule has 0 radical (unpaired) electrons. The van der Waals surface area contributed by atoms with E-state index in [1.807, 2.05) is 51.1 Å². The molecule has 4 aromatic rings. The van der Waals surface area contributed by atoms with E-state index >= 15 is 0 Å². The summed E-state index contributed by atoms with van der Waals surface area (Å²) in [6.45, 7) is 6.11. The number of nitrogens with one attached hydrogen (secondary N) is 1. The maximum Gasteiger partial charge on any atom is 0.269 e. The molecule has 1 N–H and O–H groups in total. The Balaban J connectivity index is 1.63. The van der Waals surface area contributed by atoms with Crippen molar-refractivity contribution in [2.24, 2.45) is 0 Å². The third-order valence-corrected chi connectivity index (χ3v) is 6.09. The van der Waals surface area contributed by atoms with E-state index in [9.17, 15) is 14.9 Å². The molecule has 0 aliphatic heterocycles. The Morgan fingerprint density at radius 3 is 2.39 bits per heavy atom. The van der Waals surface area contributed by atoms with Gasteiger partial charge in [0.05, 0.1) is 22.7 Å². The lowest BCUT2D eigenvalue weighted by Crippen LogP contribution is -2.14. The number of amides is 1. The zero-order valence-corrected chi connectivity index (χ0v) is 19.2. The van der Waals surface area contributed by atoms with Crippen LogP contribution in [0.3, 0.4) is 0 Å². The minimum atomic E-state index is -0.450. The number of hydrogen-bond acceptors (Lipinski definition) is 7. The molecule has 168 valence electrons. The van der Waals surface area contributed by atoms with Crippen LogP contribution in [0.15, 0.2) is 60.8 Å². The second kappa shape index (κ2) is 8.91. The number of non-ortho nitro benzene ring substituents is 1. The smallest absolute Gasteiger partial charge is 0.269 e. The lowest BCUT2D eigenvalue weighted by atomic mass is 9.98. The topological polar surface area (TPSA) is 116 Å². The van der Waals surface area contributed by atoms with Gasteiger partial charge in [0, 0.05) is 34.9 Å². The van der Waals surface area contributed by atoms with Crippen LogP contribution in [-0.2, 0) is 16.6 Å². The predicted octanol–water partition coefficient (Wildman–Crippen LogP) is 4.78. The summed E-state index contributed by atoms with van der Waals surface area (Å²) in [5.41, 5.74) is 2.63. The Hall–Kier alpha value is -3.92. The molecule has 0 saturated carbocycles. The SMILES string of the molecule is CC(C)(C)c1nnc(NC(=O)Cc2cn(-c3ccccc3)nc2-c2ccc([N+](=O)[O-])cc2)s1. The number of nitro groups is 1. The van der Waals surface area contributed by atoms with Gasteiger partial charge in [-0.05, 0) is 24.3 Å². The average Bonchev–Trinajstić information content (AvgIpc) is 3.42. The second-order valence-electron chi connectivity index (χ2n) is 8.47. The van der Waals surface area contributed by atoms with Gasteiger partial charge in [0.2, 0.25) is 11.0 Å². The molecule has 10 heteroatoms. The lowest BCUT2D eigenvalue weighted by Gasteiger charge is -2.12. The largest absolute Gasteiger partial charge is 0.300 e. The number of nitro benzene ring substituents is 1. The molecule has 0 fully saturated rings. The molecule has 0 bridgehead atoms. The minimum absolute atomic E-state index is 0.00791. The number of anilines is 1. The van der Waals surface area contributed by atoms with Gasteiger partial charge in [0.15, 0.2) is 0 Å². The van der Waals surface area contributed by atoms with Gasteiger partial charge in [0.25, 0.3) is 5.69 Å². The Kier molecular flexibility index (Phi) is 6.01. The Bertz CT molecular complexity index is 1290. The van der Waals surface area contributed by atoms with E-state index in [0.717, 1.165) is 10.7 Å². The number of hydrogen-bond donors (Lipinski definition) is 1. The molecule has 0 spiro atoms. The standard InChI is InChI=1S/C23H22N6O3S/c1-23(2,3)21-25-26-22(33-21)24-19(30)13-16-14-28(17-7-5-4-6-8-17)27-20(16)15-9-11-18(12-10-15)29(31)32/h4-12,14H,13H2,1-3H3,(H,24,26,30). The van der Waals surface area contributed by atoms with Gasteiger partial charge in [-0.3, -0.25) is 14.9 Å². The van der Waals surface area contributed by atoms with Crippen molar-refractivity contribution in [1.29, 1.82) is 0 Å². The van der Waals surface area contributed by atoms with Crippen molar-refractivity contribution >= 4 is 28.1 Å². The van der Waals surface area contributed by atoms with E-state index in [2.05, 4.69) is 20.6 Å². The highest BCUT2D eigenvalue weighted by Gasteiger charge is 2.21. The molecular weight excluding hydrogens is 440 g/mol. The molecule has 1 amide bonds. The van der Waals surface area contributed by atoms with Crippen LogP contribution in [0.1, 0.15) is 31.3 Å². The molecule has 0 atom stereocenters. The van der Waals surface area contributed by atoms with Crippen LogP contribution >= 0.6 is 11.3 Å². The zero-order valence-electron chi connectivity index (χ0n) is 18.3. The van der Waals surface area contributed by atoms with Crippen LogP contribution in [0.2, 0.25) is 0 Å². The third-order valence-electron chi connectivity index (χ3n) is 4.83. The summed E-state index contributed by atoms with van der Waals surface area (Å²) < 4.78 is 1.70. The summed E-state index contributed by atoms with van der Waals surface area (Å²) in [6, 6.07) is 15.7. The highest BCUT2D eigenvalue weighted by atomic mass is 32.1. The fourth-order valence-corrected chi connectivity index (χ4v) is 3.97. The maximum atomic E-state index is 12.8. The Morgan fingerprint density at radius 1 is 1.09 bits per heavy atom. The summed E-state index contributed by atoms with van der Waals surface area (Å²) in [6.07, 6.45) is 1.86.